The lowest BCUT2D eigenvalue weighted by molar-refractivity contribution is 0.211. The maximum Gasteiger partial charge on any atom is 0.222 e. The Labute approximate surface area is 155 Å². The third kappa shape index (κ3) is 5.17. The predicted octanol–water partition coefficient (Wildman–Crippen LogP) is 3.29. The van der Waals surface area contributed by atoms with E-state index < -0.39 is 0 Å². The Hall–Kier alpha value is -2.65. The van der Waals surface area contributed by atoms with Crippen LogP contribution >= 0.6 is 0 Å². The van der Waals surface area contributed by atoms with Gasteiger partial charge < -0.3 is 11.5 Å². The normalized spacial score (nSPS) is 11.3. The summed E-state index contributed by atoms with van der Waals surface area (Å²) in [5, 5.41) is 9.41. The molecule has 0 aliphatic rings. The van der Waals surface area contributed by atoms with E-state index in [4.69, 9.17) is 11.5 Å². The first-order chi connectivity index (χ1) is 12.3. The Kier molecular flexibility index (Phi) is 6.53. The molecule has 0 saturated carbocycles. The van der Waals surface area contributed by atoms with Gasteiger partial charge >= 0.3 is 0 Å². The van der Waals surface area contributed by atoms with Gasteiger partial charge in [-0.3, -0.25) is 4.90 Å². The Morgan fingerprint density at radius 3 is 2.31 bits per heavy atom. The molecule has 0 atom stereocenters. The van der Waals surface area contributed by atoms with Crippen molar-refractivity contribution in [3.63, 3.8) is 0 Å². The van der Waals surface area contributed by atoms with Crippen LogP contribution in [0.4, 0.5) is 11.8 Å². The Balaban J connectivity index is 2.35. The molecule has 0 saturated heterocycles. The first-order valence-electron chi connectivity index (χ1n) is 8.94. The molecule has 0 radical (unpaired) electrons. The number of aromatic nitrogens is 2. The number of rotatable bonds is 7. The SMILES string of the molecule is CC(C)CN(Cc1cccc(-c2nc(N)nc(N)c2C#N)c1)CC(C)C. The van der Waals surface area contributed by atoms with Crippen LogP contribution in [0.2, 0.25) is 0 Å². The fraction of sp³-hybridized carbons (Fsp3) is 0.450. The number of nitrogens with zero attached hydrogens (tertiary/aromatic N) is 4. The topological polar surface area (TPSA) is 105 Å². The van der Waals surface area contributed by atoms with Gasteiger partial charge in [0.2, 0.25) is 5.95 Å². The number of benzene rings is 1. The van der Waals surface area contributed by atoms with Crippen LogP contribution in [-0.4, -0.2) is 28.0 Å². The first kappa shape index (κ1) is 19.7. The lowest BCUT2D eigenvalue weighted by Crippen LogP contribution is -2.30. The number of nitriles is 1. The summed E-state index contributed by atoms with van der Waals surface area (Å²) in [6, 6.07) is 10.1. The Morgan fingerprint density at radius 1 is 1.08 bits per heavy atom. The van der Waals surface area contributed by atoms with Crippen LogP contribution in [-0.2, 0) is 6.54 Å². The Bertz CT molecular complexity index is 781. The molecule has 0 spiro atoms. The molecule has 2 aromatic rings. The molecule has 4 N–H and O–H groups in total. The molecule has 0 amide bonds. The molecule has 1 aromatic heterocycles. The van der Waals surface area contributed by atoms with Crippen LogP contribution in [0.15, 0.2) is 24.3 Å². The van der Waals surface area contributed by atoms with Crippen molar-refractivity contribution in [3.8, 4) is 17.3 Å². The smallest absolute Gasteiger partial charge is 0.222 e. The summed E-state index contributed by atoms with van der Waals surface area (Å²) < 4.78 is 0. The van der Waals surface area contributed by atoms with Gasteiger partial charge in [0.25, 0.3) is 0 Å². The second-order valence-electron chi connectivity index (χ2n) is 7.48. The molecule has 0 unspecified atom stereocenters. The predicted molar refractivity (Wildman–Crippen MR) is 106 cm³/mol. The minimum atomic E-state index is 0.0724. The zero-order chi connectivity index (χ0) is 19.3. The van der Waals surface area contributed by atoms with Crippen molar-refractivity contribution in [2.24, 2.45) is 11.8 Å². The summed E-state index contributed by atoms with van der Waals surface area (Å²) in [7, 11) is 0. The molecular weight excluding hydrogens is 324 g/mol. The van der Waals surface area contributed by atoms with Crippen LogP contribution in [0.5, 0.6) is 0 Å². The molecule has 6 heteroatoms. The molecule has 2 rings (SSSR count). The molecule has 0 fully saturated rings. The molecule has 0 aliphatic heterocycles. The third-order valence-corrected chi connectivity index (χ3v) is 3.92. The number of nitrogens with two attached hydrogens (primary N) is 2. The van der Waals surface area contributed by atoms with E-state index in [-0.39, 0.29) is 17.3 Å². The average Bonchev–Trinajstić information content (AvgIpc) is 2.53. The molecular formula is C20H28N6. The molecule has 0 aliphatic carbocycles. The van der Waals surface area contributed by atoms with E-state index in [1.165, 1.54) is 5.56 Å². The fourth-order valence-corrected chi connectivity index (χ4v) is 3.13. The summed E-state index contributed by atoms with van der Waals surface area (Å²) in [5.74, 6) is 1.39. The average molecular weight is 352 g/mol. The zero-order valence-electron chi connectivity index (χ0n) is 16.0. The van der Waals surface area contributed by atoms with E-state index in [0.29, 0.717) is 17.5 Å². The van der Waals surface area contributed by atoms with Crippen LogP contribution in [0, 0.1) is 23.2 Å². The summed E-state index contributed by atoms with van der Waals surface area (Å²) in [6.45, 7) is 11.9. The highest BCUT2D eigenvalue weighted by Crippen LogP contribution is 2.26. The number of hydrogen-bond acceptors (Lipinski definition) is 6. The van der Waals surface area contributed by atoms with Crippen LogP contribution < -0.4 is 11.5 Å². The minimum absolute atomic E-state index is 0.0724. The fourth-order valence-electron chi connectivity index (χ4n) is 3.13. The second kappa shape index (κ2) is 8.63. The van der Waals surface area contributed by atoms with Gasteiger partial charge in [0, 0.05) is 25.2 Å². The van der Waals surface area contributed by atoms with Gasteiger partial charge in [-0.15, -0.1) is 0 Å². The second-order valence-corrected chi connectivity index (χ2v) is 7.48. The molecule has 1 heterocycles. The zero-order valence-corrected chi connectivity index (χ0v) is 16.0. The highest BCUT2D eigenvalue weighted by Gasteiger charge is 2.15. The highest BCUT2D eigenvalue weighted by molar-refractivity contribution is 5.73. The maximum absolute atomic E-state index is 9.41. The van der Waals surface area contributed by atoms with Crippen molar-refractivity contribution in [3.05, 3.63) is 35.4 Å². The van der Waals surface area contributed by atoms with E-state index in [1.807, 2.05) is 12.1 Å². The first-order valence-corrected chi connectivity index (χ1v) is 8.94. The lowest BCUT2D eigenvalue weighted by Gasteiger charge is -2.26. The van der Waals surface area contributed by atoms with E-state index in [2.05, 4.69) is 60.8 Å². The highest BCUT2D eigenvalue weighted by atomic mass is 15.1. The standard InChI is InChI=1S/C20H28N6/c1-13(2)10-26(11-14(3)4)12-15-6-5-7-16(8-15)18-17(9-21)19(22)25-20(23)24-18/h5-8,13-14H,10-12H2,1-4H3,(H4,22,23,24,25). The molecule has 6 nitrogen and oxygen atoms in total. The van der Waals surface area contributed by atoms with Crippen molar-refractivity contribution in [1.29, 1.82) is 5.26 Å². The molecule has 26 heavy (non-hydrogen) atoms. The molecule has 0 bridgehead atoms. The number of nitrogen functional groups attached to an aromatic ring is 2. The van der Waals surface area contributed by atoms with Gasteiger partial charge in [-0.2, -0.15) is 10.2 Å². The van der Waals surface area contributed by atoms with Crippen molar-refractivity contribution < 1.29 is 0 Å². The summed E-state index contributed by atoms with van der Waals surface area (Å²) >= 11 is 0. The van der Waals surface area contributed by atoms with Crippen LogP contribution in [0.3, 0.4) is 0 Å². The molecule has 138 valence electrons. The number of hydrogen-bond donors (Lipinski definition) is 2. The largest absolute Gasteiger partial charge is 0.382 e. The quantitative estimate of drug-likeness (QED) is 0.792. The van der Waals surface area contributed by atoms with E-state index in [1.54, 1.807) is 0 Å². The van der Waals surface area contributed by atoms with Crippen molar-refractivity contribution in [2.75, 3.05) is 24.6 Å². The van der Waals surface area contributed by atoms with Gasteiger partial charge in [-0.25, -0.2) is 4.98 Å². The van der Waals surface area contributed by atoms with Crippen molar-refractivity contribution in [1.82, 2.24) is 14.9 Å². The van der Waals surface area contributed by atoms with Crippen LogP contribution in [0.1, 0.15) is 38.8 Å². The van der Waals surface area contributed by atoms with Crippen molar-refractivity contribution >= 4 is 11.8 Å². The third-order valence-electron chi connectivity index (χ3n) is 3.92. The maximum atomic E-state index is 9.41. The summed E-state index contributed by atoms with van der Waals surface area (Å²) in [6.07, 6.45) is 0. The number of anilines is 2. The van der Waals surface area contributed by atoms with E-state index in [9.17, 15) is 5.26 Å². The van der Waals surface area contributed by atoms with Gasteiger partial charge in [-0.05, 0) is 23.5 Å². The van der Waals surface area contributed by atoms with Gasteiger partial charge in [0.05, 0.1) is 5.69 Å². The minimum Gasteiger partial charge on any atom is -0.382 e. The van der Waals surface area contributed by atoms with Crippen LogP contribution in [0.25, 0.3) is 11.3 Å². The summed E-state index contributed by atoms with van der Waals surface area (Å²) in [4.78, 5) is 10.6. The van der Waals surface area contributed by atoms with Crippen molar-refractivity contribution in [2.45, 2.75) is 34.2 Å². The van der Waals surface area contributed by atoms with Gasteiger partial charge in [0.15, 0.2) is 0 Å². The van der Waals surface area contributed by atoms with E-state index >= 15 is 0 Å². The van der Waals surface area contributed by atoms with Gasteiger partial charge in [0.1, 0.15) is 17.5 Å². The molecule has 1 aromatic carbocycles. The monoisotopic (exact) mass is 352 g/mol. The van der Waals surface area contributed by atoms with Gasteiger partial charge in [-0.1, -0.05) is 45.9 Å². The Morgan fingerprint density at radius 2 is 1.73 bits per heavy atom. The lowest BCUT2D eigenvalue weighted by atomic mass is 10.0. The summed E-state index contributed by atoms with van der Waals surface area (Å²) in [5.41, 5.74) is 14.3. The van der Waals surface area contributed by atoms with E-state index in [0.717, 1.165) is 25.2 Å².